The first-order valence-electron chi connectivity index (χ1n) is 11.8. The van der Waals surface area contributed by atoms with Crippen molar-refractivity contribution >= 4 is 45.9 Å². The lowest BCUT2D eigenvalue weighted by atomic mass is 9.88. The first kappa shape index (κ1) is 23.2. The van der Waals surface area contributed by atoms with Gasteiger partial charge in [-0.3, -0.25) is 9.69 Å². The van der Waals surface area contributed by atoms with Gasteiger partial charge in [0, 0.05) is 18.3 Å². The highest BCUT2D eigenvalue weighted by Gasteiger charge is 2.34. The van der Waals surface area contributed by atoms with Crippen LogP contribution < -0.4 is 4.90 Å². The molecule has 0 bridgehead atoms. The molecule has 0 aliphatic carbocycles. The highest BCUT2D eigenvalue weighted by molar-refractivity contribution is 8.18. The summed E-state index contributed by atoms with van der Waals surface area (Å²) in [4.78, 5) is 23.1. The molecule has 0 aromatic heterocycles. The summed E-state index contributed by atoms with van der Waals surface area (Å²) in [6.45, 7) is 7.09. The van der Waals surface area contributed by atoms with Gasteiger partial charge in [0.2, 0.25) is 0 Å². The predicted octanol–water partition coefficient (Wildman–Crippen LogP) is 7.12. The van der Waals surface area contributed by atoms with E-state index in [4.69, 9.17) is 4.99 Å². The number of rotatable bonds is 4. The number of allylic oxidation sites excluding steroid dienone is 1. The van der Waals surface area contributed by atoms with E-state index in [-0.39, 0.29) is 11.4 Å². The molecule has 2 aliphatic rings. The van der Waals surface area contributed by atoms with Gasteiger partial charge in [0.15, 0.2) is 5.17 Å². The van der Waals surface area contributed by atoms with Crippen molar-refractivity contribution in [2.45, 2.75) is 32.9 Å². The lowest BCUT2D eigenvalue weighted by Gasteiger charge is -2.40. The SMILES string of the molecule is CC1=CC(C)(C)N(C)c2ccc(/C=C3/SC(=Nc4ccccc4)N(Cc4ccccc4)C3=O)cc21. The fraction of sp³-hybridized carbons (Fsp3) is 0.200. The van der Waals surface area contributed by atoms with E-state index in [1.54, 1.807) is 4.90 Å². The van der Waals surface area contributed by atoms with Crippen molar-refractivity contribution in [3.05, 3.63) is 107 Å². The van der Waals surface area contributed by atoms with Crippen molar-refractivity contribution in [1.29, 1.82) is 0 Å². The number of likely N-dealkylation sites (N-methyl/N-ethyl adjacent to an activating group) is 1. The van der Waals surface area contributed by atoms with Gasteiger partial charge in [-0.25, -0.2) is 4.99 Å². The number of thioether (sulfide) groups is 1. The van der Waals surface area contributed by atoms with Crippen molar-refractivity contribution in [3.63, 3.8) is 0 Å². The number of amidine groups is 1. The van der Waals surface area contributed by atoms with E-state index in [2.05, 4.69) is 57.0 Å². The molecule has 0 radical (unpaired) electrons. The molecule has 1 saturated heterocycles. The van der Waals surface area contributed by atoms with Gasteiger partial charge in [-0.1, -0.05) is 60.7 Å². The molecule has 3 aromatic carbocycles. The lowest BCUT2D eigenvalue weighted by molar-refractivity contribution is -0.122. The van der Waals surface area contributed by atoms with Crippen LogP contribution in [0.1, 0.15) is 37.5 Å². The first-order valence-corrected chi connectivity index (χ1v) is 12.6. The average Bonchev–Trinajstić information content (AvgIpc) is 3.12. The molecule has 5 heteroatoms. The monoisotopic (exact) mass is 479 g/mol. The maximum absolute atomic E-state index is 13.5. The number of anilines is 1. The molecule has 5 rings (SSSR count). The van der Waals surface area contributed by atoms with E-state index in [1.807, 2.05) is 66.7 Å². The minimum Gasteiger partial charge on any atom is -0.366 e. The molecule has 0 N–H and O–H groups in total. The number of para-hydroxylation sites is 1. The van der Waals surface area contributed by atoms with Gasteiger partial charge >= 0.3 is 0 Å². The quantitative estimate of drug-likeness (QED) is 0.374. The highest BCUT2D eigenvalue weighted by atomic mass is 32.2. The Hall–Kier alpha value is -3.57. The zero-order valence-corrected chi connectivity index (χ0v) is 21.3. The zero-order chi connectivity index (χ0) is 24.6. The van der Waals surface area contributed by atoms with Gasteiger partial charge in [0.25, 0.3) is 5.91 Å². The minimum absolute atomic E-state index is 0.0169. The zero-order valence-electron chi connectivity index (χ0n) is 20.5. The Morgan fingerprint density at radius 3 is 2.37 bits per heavy atom. The average molecular weight is 480 g/mol. The maximum atomic E-state index is 13.5. The molecule has 0 saturated carbocycles. The second-order valence-electron chi connectivity index (χ2n) is 9.53. The molecule has 35 heavy (non-hydrogen) atoms. The van der Waals surface area contributed by atoms with E-state index >= 15 is 0 Å². The van der Waals surface area contributed by atoms with Crippen molar-refractivity contribution in [3.8, 4) is 0 Å². The van der Waals surface area contributed by atoms with Crippen molar-refractivity contribution in [1.82, 2.24) is 4.90 Å². The largest absolute Gasteiger partial charge is 0.366 e. The molecule has 3 aromatic rings. The first-order chi connectivity index (χ1) is 16.8. The van der Waals surface area contributed by atoms with Crippen LogP contribution in [-0.4, -0.2) is 28.6 Å². The molecule has 0 atom stereocenters. The Balaban J connectivity index is 1.51. The van der Waals surface area contributed by atoms with E-state index in [9.17, 15) is 4.79 Å². The second-order valence-corrected chi connectivity index (χ2v) is 10.5. The van der Waals surface area contributed by atoms with Crippen LogP contribution in [0.25, 0.3) is 11.6 Å². The third-order valence-corrected chi connectivity index (χ3v) is 7.60. The summed E-state index contributed by atoms with van der Waals surface area (Å²) in [6.07, 6.45) is 4.29. The highest BCUT2D eigenvalue weighted by Crippen LogP contribution is 2.40. The Kier molecular flexibility index (Phi) is 6.12. The fourth-order valence-corrected chi connectivity index (χ4v) is 5.53. The molecular weight excluding hydrogens is 450 g/mol. The predicted molar refractivity (Wildman–Crippen MR) is 149 cm³/mol. The van der Waals surface area contributed by atoms with Gasteiger partial charge in [-0.05, 0) is 79.6 Å². The third kappa shape index (κ3) is 4.69. The van der Waals surface area contributed by atoms with Crippen LogP contribution in [0.2, 0.25) is 0 Å². The molecular formula is C30H29N3OS. The number of nitrogens with zero attached hydrogens (tertiary/aromatic N) is 3. The summed E-state index contributed by atoms with van der Waals surface area (Å²) in [5.41, 5.74) is 6.56. The Morgan fingerprint density at radius 1 is 0.971 bits per heavy atom. The Bertz CT molecular complexity index is 1360. The number of benzene rings is 3. The van der Waals surface area contributed by atoms with E-state index in [1.165, 1.54) is 28.6 Å². The number of hydrogen-bond donors (Lipinski definition) is 0. The molecule has 1 amide bonds. The number of fused-ring (bicyclic) bond motifs is 1. The fourth-order valence-electron chi connectivity index (χ4n) is 4.53. The van der Waals surface area contributed by atoms with Gasteiger partial charge in [0.05, 0.1) is 22.7 Å². The van der Waals surface area contributed by atoms with Crippen LogP contribution >= 0.6 is 11.8 Å². The maximum Gasteiger partial charge on any atom is 0.267 e. The summed E-state index contributed by atoms with van der Waals surface area (Å²) in [5.74, 6) is -0.0169. The van der Waals surface area contributed by atoms with Gasteiger partial charge in [-0.2, -0.15) is 0 Å². The summed E-state index contributed by atoms with van der Waals surface area (Å²) >= 11 is 1.44. The molecule has 1 fully saturated rings. The standard InChI is InChI=1S/C30H29N3OS/c1-21-19-30(2,3)32(4)26-16-15-23(17-25(21)26)18-27-28(34)33(20-22-11-7-5-8-12-22)29(35-27)31-24-13-9-6-10-14-24/h5-19H,20H2,1-4H3/b27-18+,31-29?. The number of amides is 1. The van der Waals surface area contributed by atoms with Crippen LogP contribution in [-0.2, 0) is 11.3 Å². The molecule has 0 unspecified atom stereocenters. The molecule has 2 heterocycles. The Morgan fingerprint density at radius 2 is 1.66 bits per heavy atom. The normalized spacial score (nSPS) is 19.3. The van der Waals surface area contributed by atoms with Crippen LogP contribution in [0, 0.1) is 0 Å². The van der Waals surface area contributed by atoms with Crippen molar-refractivity contribution in [2.75, 3.05) is 11.9 Å². The van der Waals surface area contributed by atoms with E-state index in [0.29, 0.717) is 16.6 Å². The van der Waals surface area contributed by atoms with Gasteiger partial charge in [-0.15, -0.1) is 0 Å². The lowest BCUT2D eigenvalue weighted by Crippen LogP contribution is -2.42. The van der Waals surface area contributed by atoms with Crippen LogP contribution in [0.4, 0.5) is 11.4 Å². The van der Waals surface area contributed by atoms with Crippen LogP contribution in [0.15, 0.2) is 94.8 Å². The third-order valence-electron chi connectivity index (χ3n) is 6.59. The second kappa shape index (κ2) is 9.23. The minimum atomic E-state index is -0.0327. The smallest absolute Gasteiger partial charge is 0.267 e. The summed E-state index contributed by atoms with van der Waals surface area (Å²) in [5, 5.41) is 0.701. The number of hydrogen-bond acceptors (Lipinski definition) is 4. The summed E-state index contributed by atoms with van der Waals surface area (Å²) in [6, 6.07) is 26.3. The van der Waals surface area contributed by atoms with Crippen LogP contribution in [0.5, 0.6) is 0 Å². The van der Waals surface area contributed by atoms with Crippen LogP contribution in [0.3, 0.4) is 0 Å². The van der Waals surface area contributed by atoms with Crippen molar-refractivity contribution < 1.29 is 4.79 Å². The van der Waals surface area contributed by atoms with Crippen molar-refractivity contribution in [2.24, 2.45) is 4.99 Å². The molecule has 0 spiro atoms. The summed E-state index contributed by atoms with van der Waals surface area (Å²) < 4.78 is 0. The van der Waals surface area contributed by atoms with Gasteiger partial charge in [0.1, 0.15) is 0 Å². The van der Waals surface area contributed by atoms with Gasteiger partial charge < -0.3 is 4.90 Å². The molecule has 4 nitrogen and oxygen atoms in total. The summed E-state index contributed by atoms with van der Waals surface area (Å²) in [7, 11) is 2.13. The van der Waals surface area contributed by atoms with E-state index in [0.717, 1.165) is 16.8 Å². The topological polar surface area (TPSA) is 35.9 Å². The molecule has 176 valence electrons. The number of carbonyl (C=O) groups is 1. The number of carbonyl (C=O) groups excluding carboxylic acids is 1. The Labute approximate surface area is 211 Å². The van der Waals surface area contributed by atoms with E-state index < -0.39 is 0 Å². The molecule has 2 aliphatic heterocycles. The number of aliphatic imine (C=N–C) groups is 1.